The molecule has 0 fully saturated rings. The van der Waals surface area contributed by atoms with Gasteiger partial charge >= 0.3 is 0 Å². The predicted octanol–water partition coefficient (Wildman–Crippen LogP) is 6.73. The van der Waals surface area contributed by atoms with E-state index in [1.807, 2.05) is 85.8 Å². The number of benzene rings is 3. The highest BCUT2D eigenvalue weighted by atomic mass is 16.5. The van der Waals surface area contributed by atoms with Crippen LogP contribution in [0.15, 0.2) is 108 Å². The predicted molar refractivity (Wildman–Crippen MR) is 151 cm³/mol. The maximum Gasteiger partial charge on any atom is 0.255 e. The second-order valence-electron chi connectivity index (χ2n) is 8.79. The van der Waals surface area contributed by atoms with Crippen LogP contribution in [0, 0.1) is 6.92 Å². The van der Waals surface area contributed by atoms with Crippen molar-refractivity contribution in [1.29, 1.82) is 0 Å². The summed E-state index contributed by atoms with van der Waals surface area (Å²) in [5.74, 6) is 2.98. The SMILES string of the molecule is Cc1nc(Nc2ccc(NC(=O)c3ccc4noc(-c5ccccc5)c4c3)cc2)cc(Nc2ccccn2)n1. The maximum absolute atomic E-state index is 13.0. The molecule has 190 valence electrons. The van der Waals surface area contributed by atoms with Crippen molar-refractivity contribution in [2.75, 3.05) is 16.0 Å². The van der Waals surface area contributed by atoms with Gasteiger partial charge < -0.3 is 20.5 Å². The van der Waals surface area contributed by atoms with Crippen LogP contribution in [0.1, 0.15) is 16.2 Å². The number of nitrogens with zero attached hydrogens (tertiary/aromatic N) is 4. The second kappa shape index (κ2) is 10.4. The fourth-order valence-electron chi connectivity index (χ4n) is 4.13. The third-order valence-electron chi connectivity index (χ3n) is 5.95. The average molecular weight is 514 g/mol. The van der Waals surface area contributed by atoms with E-state index in [0.717, 1.165) is 16.6 Å². The molecule has 6 aromatic rings. The lowest BCUT2D eigenvalue weighted by atomic mass is 10.1. The van der Waals surface area contributed by atoms with Crippen molar-refractivity contribution in [2.24, 2.45) is 0 Å². The van der Waals surface area contributed by atoms with Crippen LogP contribution in [-0.4, -0.2) is 26.0 Å². The Morgan fingerprint density at radius 1 is 0.744 bits per heavy atom. The Morgan fingerprint density at radius 2 is 1.49 bits per heavy atom. The zero-order valence-electron chi connectivity index (χ0n) is 20.9. The summed E-state index contributed by atoms with van der Waals surface area (Å²) in [5, 5.41) is 14.3. The van der Waals surface area contributed by atoms with Crippen molar-refractivity contribution in [3.05, 3.63) is 115 Å². The molecule has 0 unspecified atom stereocenters. The number of rotatable bonds is 7. The first-order valence-electron chi connectivity index (χ1n) is 12.3. The number of amides is 1. The number of carbonyl (C=O) groups excluding carboxylic acids is 1. The van der Waals surface area contributed by atoms with Crippen LogP contribution >= 0.6 is 0 Å². The first kappa shape index (κ1) is 23.8. The molecule has 0 bridgehead atoms. The molecule has 3 heterocycles. The average Bonchev–Trinajstić information content (AvgIpc) is 3.38. The van der Waals surface area contributed by atoms with E-state index in [2.05, 4.69) is 36.1 Å². The summed E-state index contributed by atoms with van der Waals surface area (Å²) in [6.07, 6.45) is 1.71. The number of nitrogens with one attached hydrogen (secondary N) is 3. The standard InChI is InChI=1S/C30H23N7O2/c1-19-32-27(18-28(33-19)36-26-9-5-6-16-31-26)34-22-11-13-23(14-12-22)35-30(38)21-10-15-25-24(17-21)29(39-37-25)20-7-3-2-4-8-20/h2-18H,1H3,(H,35,38)(H2,31,32,33,34,36). The highest BCUT2D eigenvalue weighted by molar-refractivity contribution is 6.07. The highest BCUT2D eigenvalue weighted by Gasteiger charge is 2.14. The van der Waals surface area contributed by atoms with Gasteiger partial charge in [-0.15, -0.1) is 0 Å². The molecular weight excluding hydrogens is 490 g/mol. The van der Waals surface area contributed by atoms with Gasteiger partial charge in [-0.25, -0.2) is 15.0 Å². The molecule has 0 saturated heterocycles. The Bertz CT molecular complexity index is 1750. The number of carbonyl (C=O) groups is 1. The highest BCUT2D eigenvalue weighted by Crippen LogP contribution is 2.29. The number of aryl methyl sites for hydroxylation is 1. The largest absolute Gasteiger partial charge is 0.355 e. The molecule has 9 heteroatoms. The third-order valence-corrected chi connectivity index (χ3v) is 5.95. The first-order valence-corrected chi connectivity index (χ1v) is 12.3. The fraction of sp³-hybridized carbons (Fsp3) is 0.0333. The van der Waals surface area contributed by atoms with Gasteiger partial charge in [-0.2, -0.15) is 0 Å². The van der Waals surface area contributed by atoms with Crippen LogP contribution in [-0.2, 0) is 0 Å². The van der Waals surface area contributed by atoms with Crippen molar-refractivity contribution in [1.82, 2.24) is 20.1 Å². The van der Waals surface area contributed by atoms with Gasteiger partial charge in [0.1, 0.15) is 28.8 Å². The van der Waals surface area contributed by atoms with Gasteiger partial charge in [-0.1, -0.05) is 41.6 Å². The van der Waals surface area contributed by atoms with Crippen LogP contribution in [0.25, 0.3) is 22.2 Å². The minimum Gasteiger partial charge on any atom is -0.355 e. The first-order chi connectivity index (χ1) is 19.1. The van der Waals surface area contributed by atoms with Crippen LogP contribution < -0.4 is 16.0 Å². The quantitative estimate of drug-likeness (QED) is 0.215. The van der Waals surface area contributed by atoms with Gasteiger partial charge in [-0.05, 0) is 61.5 Å². The van der Waals surface area contributed by atoms with E-state index in [1.54, 1.807) is 24.4 Å². The Labute approximate surface area is 224 Å². The molecule has 9 nitrogen and oxygen atoms in total. The summed E-state index contributed by atoms with van der Waals surface area (Å²) in [4.78, 5) is 26.2. The summed E-state index contributed by atoms with van der Waals surface area (Å²) in [5.41, 5.74) is 3.58. The second-order valence-corrected chi connectivity index (χ2v) is 8.79. The summed E-state index contributed by atoms with van der Waals surface area (Å²) >= 11 is 0. The molecule has 0 spiro atoms. The molecule has 0 aliphatic carbocycles. The van der Waals surface area contributed by atoms with Crippen molar-refractivity contribution >= 4 is 45.6 Å². The van der Waals surface area contributed by atoms with E-state index in [4.69, 9.17) is 4.52 Å². The van der Waals surface area contributed by atoms with Crippen molar-refractivity contribution < 1.29 is 9.32 Å². The zero-order valence-corrected chi connectivity index (χ0v) is 20.9. The maximum atomic E-state index is 13.0. The van der Waals surface area contributed by atoms with E-state index >= 15 is 0 Å². The molecule has 3 aromatic heterocycles. The van der Waals surface area contributed by atoms with E-state index in [9.17, 15) is 4.79 Å². The van der Waals surface area contributed by atoms with Gasteiger partial charge in [0.05, 0.1) is 5.39 Å². The monoisotopic (exact) mass is 513 g/mol. The molecule has 0 atom stereocenters. The van der Waals surface area contributed by atoms with Gasteiger partial charge in [0.15, 0.2) is 5.76 Å². The summed E-state index contributed by atoms with van der Waals surface area (Å²) in [6, 6.07) is 29.8. The van der Waals surface area contributed by atoms with Crippen LogP contribution in [0.5, 0.6) is 0 Å². The zero-order chi connectivity index (χ0) is 26.6. The van der Waals surface area contributed by atoms with Gasteiger partial charge in [0.2, 0.25) is 0 Å². The van der Waals surface area contributed by atoms with Crippen molar-refractivity contribution in [3.8, 4) is 11.3 Å². The molecule has 3 aromatic carbocycles. The van der Waals surface area contributed by atoms with Crippen molar-refractivity contribution in [2.45, 2.75) is 6.92 Å². The van der Waals surface area contributed by atoms with Crippen LogP contribution in [0.4, 0.5) is 28.8 Å². The van der Waals surface area contributed by atoms with Crippen LogP contribution in [0.2, 0.25) is 0 Å². The Morgan fingerprint density at radius 3 is 2.26 bits per heavy atom. The Kier molecular flexibility index (Phi) is 6.36. The minimum atomic E-state index is -0.227. The molecule has 0 aliphatic rings. The number of aromatic nitrogens is 4. The lowest BCUT2D eigenvalue weighted by Gasteiger charge is -2.11. The molecule has 0 aliphatic heterocycles. The molecule has 3 N–H and O–H groups in total. The van der Waals surface area contributed by atoms with E-state index in [1.165, 1.54) is 0 Å². The van der Waals surface area contributed by atoms with E-state index in [0.29, 0.717) is 45.8 Å². The number of fused-ring (bicyclic) bond motifs is 1. The Hall–Kier alpha value is -5.57. The Balaban J connectivity index is 1.15. The van der Waals surface area contributed by atoms with Crippen LogP contribution in [0.3, 0.4) is 0 Å². The number of hydrogen-bond donors (Lipinski definition) is 3. The smallest absolute Gasteiger partial charge is 0.255 e. The van der Waals surface area contributed by atoms with Gasteiger partial charge in [-0.3, -0.25) is 4.79 Å². The lowest BCUT2D eigenvalue weighted by Crippen LogP contribution is -2.11. The number of hydrogen-bond acceptors (Lipinski definition) is 8. The van der Waals surface area contributed by atoms with Crippen molar-refractivity contribution in [3.63, 3.8) is 0 Å². The normalized spacial score (nSPS) is 10.8. The fourth-order valence-corrected chi connectivity index (χ4v) is 4.13. The molecule has 0 saturated carbocycles. The molecule has 1 amide bonds. The van der Waals surface area contributed by atoms with E-state index < -0.39 is 0 Å². The molecule has 0 radical (unpaired) electrons. The van der Waals surface area contributed by atoms with E-state index in [-0.39, 0.29) is 5.91 Å². The van der Waals surface area contributed by atoms with Gasteiger partial charge in [0, 0.05) is 34.8 Å². The molecule has 39 heavy (non-hydrogen) atoms. The van der Waals surface area contributed by atoms with Gasteiger partial charge in [0.25, 0.3) is 5.91 Å². The molecule has 6 rings (SSSR count). The summed E-state index contributed by atoms with van der Waals surface area (Å²) in [7, 11) is 0. The lowest BCUT2D eigenvalue weighted by molar-refractivity contribution is 0.102. The minimum absolute atomic E-state index is 0.227. The summed E-state index contributed by atoms with van der Waals surface area (Å²) < 4.78 is 5.56. The third kappa shape index (κ3) is 5.42. The molecular formula is C30H23N7O2. The summed E-state index contributed by atoms with van der Waals surface area (Å²) in [6.45, 7) is 1.83. The number of anilines is 5. The topological polar surface area (TPSA) is 118 Å². The number of pyridine rings is 1.